The van der Waals surface area contributed by atoms with Crippen LogP contribution in [0.25, 0.3) is 0 Å². The van der Waals surface area contributed by atoms with E-state index in [4.69, 9.17) is 15.2 Å². The summed E-state index contributed by atoms with van der Waals surface area (Å²) in [5.74, 6) is -4.12. The van der Waals surface area contributed by atoms with Crippen molar-refractivity contribution in [1.29, 1.82) is 0 Å². The topological polar surface area (TPSA) is 275 Å². The highest BCUT2D eigenvalue weighted by molar-refractivity contribution is 6.07. The molecule has 0 unspecified atom stereocenters. The first kappa shape index (κ1) is 49.7. The molecular weight excluding hydrogens is 854 g/mol. The third-order valence-electron chi connectivity index (χ3n) is 10.9. The van der Waals surface area contributed by atoms with Crippen LogP contribution in [-0.4, -0.2) is 98.2 Å². The zero-order chi connectivity index (χ0) is 45.8. The van der Waals surface area contributed by atoms with E-state index >= 15 is 9.59 Å². The van der Waals surface area contributed by atoms with Crippen molar-refractivity contribution in [2.24, 2.45) is 11.7 Å². The predicted octanol–water partition coefficient (Wildman–Crippen LogP) is 3.94. The van der Waals surface area contributed by atoms with E-state index in [0.29, 0.717) is 24.3 Å². The van der Waals surface area contributed by atoms with Gasteiger partial charge in [0.2, 0.25) is 17.7 Å². The van der Waals surface area contributed by atoms with Gasteiger partial charge in [0.1, 0.15) is 42.2 Å². The Morgan fingerprint density at radius 1 is 0.953 bits per heavy atom. The van der Waals surface area contributed by atoms with E-state index in [9.17, 15) is 34.6 Å². The van der Waals surface area contributed by atoms with E-state index in [2.05, 4.69) is 20.6 Å². The van der Waals surface area contributed by atoms with Crippen LogP contribution in [0.5, 0.6) is 5.75 Å². The predicted molar refractivity (Wildman–Crippen MR) is 235 cm³/mol. The number of rotatable bonds is 20. The Morgan fingerprint density at radius 2 is 1.66 bits per heavy atom. The Labute approximate surface area is 375 Å². The van der Waals surface area contributed by atoms with Crippen molar-refractivity contribution in [3.05, 3.63) is 122 Å². The number of hydrogen-bond donors (Lipinski definition) is 4. The first-order valence-electron chi connectivity index (χ1n) is 20.4. The van der Waals surface area contributed by atoms with Crippen molar-refractivity contribution in [3.63, 3.8) is 0 Å². The lowest BCUT2D eigenvalue weighted by molar-refractivity contribution is -0.422. The van der Waals surface area contributed by atoms with Gasteiger partial charge in [0, 0.05) is 25.2 Å². The lowest BCUT2D eigenvalue weighted by Gasteiger charge is -2.37. The number of nitrogens with zero attached hydrogens (tertiary/aromatic N) is 5. The lowest BCUT2D eigenvalue weighted by Crippen LogP contribution is -2.61. The maximum Gasteiger partial charge on any atom is 0.369 e. The number of nitrogens with two attached hydrogens (primary N) is 1. The molecule has 4 amide bonds. The van der Waals surface area contributed by atoms with Gasteiger partial charge in [-0.2, -0.15) is 0 Å². The Balaban J connectivity index is 0.00000898. The number of anilines is 1. The number of para-hydroxylation sites is 1. The lowest BCUT2D eigenvalue weighted by atomic mass is 9.94. The number of nitro groups is 2. The maximum absolute atomic E-state index is 15.3. The van der Waals surface area contributed by atoms with Gasteiger partial charge < -0.3 is 35.7 Å². The molecule has 2 heterocycles. The van der Waals surface area contributed by atoms with E-state index in [0.717, 1.165) is 35.8 Å². The van der Waals surface area contributed by atoms with Crippen molar-refractivity contribution in [2.75, 3.05) is 18.6 Å². The Bertz CT molecular complexity index is 2270. The van der Waals surface area contributed by atoms with Crippen molar-refractivity contribution in [2.45, 2.75) is 89.7 Å². The third-order valence-corrected chi connectivity index (χ3v) is 10.9. The molecule has 0 spiro atoms. The summed E-state index contributed by atoms with van der Waals surface area (Å²) in [6.07, 6.45) is 3.19. The molecule has 20 nitrogen and oxygen atoms in total. The summed E-state index contributed by atoms with van der Waals surface area (Å²) < 4.78 is 10.6. The maximum atomic E-state index is 15.3. The molecule has 3 aromatic carbocycles. The number of amides is 4. The van der Waals surface area contributed by atoms with Crippen LogP contribution in [-0.2, 0) is 48.2 Å². The number of hydrogen-bond acceptors (Lipinski definition) is 13. The van der Waals surface area contributed by atoms with E-state index < -0.39 is 92.6 Å². The average Bonchev–Trinajstić information content (AvgIpc) is 4.00. The van der Waals surface area contributed by atoms with Gasteiger partial charge in [-0.1, -0.05) is 68.8 Å². The Kier molecular flexibility index (Phi) is 17.8. The zero-order valence-corrected chi connectivity index (χ0v) is 36.5. The van der Waals surface area contributed by atoms with Gasteiger partial charge in [-0.05, 0) is 61.4 Å². The second kappa shape index (κ2) is 23.0. The number of benzene rings is 3. The summed E-state index contributed by atoms with van der Waals surface area (Å²) in [7, 11) is 1.15. The molecule has 0 radical (unpaired) electrons. The van der Waals surface area contributed by atoms with Crippen LogP contribution in [0.4, 0.5) is 17.1 Å². The quantitative estimate of drug-likeness (QED) is 0.0557. The normalized spacial score (nSPS) is 15.6. The average molecular weight is 906 g/mol. The number of nitrogens with one attached hydrogen (secondary N) is 3. The van der Waals surface area contributed by atoms with Crippen molar-refractivity contribution < 1.29 is 43.3 Å². The van der Waals surface area contributed by atoms with Crippen molar-refractivity contribution in [3.8, 4) is 5.75 Å². The molecular formula is C43H52ClN9O11. The highest BCUT2D eigenvalue weighted by atomic mass is 35.5. The van der Waals surface area contributed by atoms with E-state index in [1.54, 1.807) is 38.1 Å². The van der Waals surface area contributed by atoms with Crippen LogP contribution >= 0.6 is 12.4 Å². The minimum Gasteiger partial charge on any atom is -0.489 e. The fourth-order valence-electron chi connectivity index (χ4n) is 7.32. The number of H-pyrrole nitrogens is 1. The van der Waals surface area contributed by atoms with E-state index in [1.807, 2.05) is 30.3 Å². The van der Waals surface area contributed by atoms with Crippen LogP contribution < -0.4 is 26.0 Å². The fraction of sp³-hybridized carbons (Fsp3) is 0.395. The molecule has 342 valence electrons. The molecule has 5 rings (SSSR count). The standard InChI is InChI=1S/C43H51N9O11.ClH/c1-5-26(2)37(48-39(53)32(44)21-28-16-18-31(19-17-28)63-24-29-11-7-6-8-12-29)42(56)50(33-13-9-14-34(51(58)59)38(33)52(60)61)36(22-30-23-45-25-46-30)41(55)49-20-10-15-35(49)40(54)47-27(3)43(57)62-4;/h6-9,11-14,16-19,23,25-27,32,35-37H,5,10,15,20-22,24,44H2,1-4H3,(H,45,46)(H,47,54)(H,48,53);1H/t26-,27-,32-,35-,36-,37-;/m0./s1. The summed E-state index contributed by atoms with van der Waals surface area (Å²) in [4.78, 5) is 102. The summed E-state index contributed by atoms with van der Waals surface area (Å²) in [5.41, 5.74) is 5.67. The molecule has 5 N–H and O–H groups in total. The van der Waals surface area contributed by atoms with Gasteiger partial charge in [-0.3, -0.25) is 44.3 Å². The number of esters is 1. The minimum atomic E-state index is -1.72. The molecule has 1 saturated heterocycles. The molecule has 21 heteroatoms. The number of nitro benzene ring substituents is 2. The van der Waals surface area contributed by atoms with Gasteiger partial charge in [0.25, 0.3) is 5.91 Å². The van der Waals surface area contributed by atoms with E-state index in [-0.39, 0.29) is 50.3 Å². The van der Waals surface area contributed by atoms with Crippen LogP contribution in [0.3, 0.4) is 0 Å². The molecule has 64 heavy (non-hydrogen) atoms. The summed E-state index contributed by atoms with van der Waals surface area (Å²) >= 11 is 0. The number of imidazole rings is 1. The molecule has 1 aliphatic heterocycles. The van der Waals surface area contributed by atoms with Gasteiger partial charge in [0.15, 0.2) is 0 Å². The third kappa shape index (κ3) is 12.2. The summed E-state index contributed by atoms with van der Waals surface area (Å²) in [5, 5.41) is 30.3. The molecule has 1 aromatic heterocycles. The van der Waals surface area contributed by atoms with Gasteiger partial charge in [-0.15, -0.1) is 12.4 Å². The van der Waals surface area contributed by atoms with E-state index in [1.165, 1.54) is 24.3 Å². The summed E-state index contributed by atoms with van der Waals surface area (Å²) in [6.45, 7) is 5.16. The minimum absolute atomic E-state index is 0. The molecule has 4 aromatic rings. The van der Waals surface area contributed by atoms with Gasteiger partial charge in [0.05, 0.1) is 35.0 Å². The number of methoxy groups -OCH3 is 1. The number of likely N-dealkylation sites (tertiary alicyclic amines) is 1. The molecule has 0 aliphatic carbocycles. The zero-order valence-electron chi connectivity index (χ0n) is 35.7. The number of aromatic amines is 1. The van der Waals surface area contributed by atoms with Crippen LogP contribution in [0.1, 0.15) is 56.9 Å². The largest absolute Gasteiger partial charge is 0.489 e. The number of carbonyl (C=O) groups excluding carboxylic acids is 5. The smallest absolute Gasteiger partial charge is 0.369 e. The van der Waals surface area contributed by atoms with Crippen molar-refractivity contribution >= 4 is 59.1 Å². The molecule has 1 fully saturated rings. The molecule has 0 saturated carbocycles. The first-order valence-corrected chi connectivity index (χ1v) is 20.4. The number of carbonyl (C=O) groups is 5. The van der Waals surface area contributed by atoms with Gasteiger partial charge >= 0.3 is 17.3 Å². The molecule has 6 atom stereocenters. The number of ether oxygens (including phenoxy) is 2. The Hall–Kier alpha value is -6.93. The molecule has 0 bridgehead atoms. The van der Waals surface area contributed by atoms with Crippen LogP contribution in [0, 0.1) is 26.1 Å². The highest BCUT2D eigenvalue weighted by Crippen LogP contribution is 2.39. The van der Waals surface area contributed by atoms with Crippen LogP contribution in [0.2, 0.25) is 0 Å². The highest BCUT2D eigenvalue weighted by Gasteiger charge is 2.46. The second-order valence-corrected chi connectivity index (χ2v) is 15.2. The first-order chi connectivity index (χ1) is 30.1. The summed E-state index contributed by atoms with van der Waals surface area (Å²) in [6, 6.07) is 13.1. The molecule has 1 aliphatic rings. The second-order valence-electron chi connectivity index (χ2n) is 15.2. The monoisotopic (exact) mass is 905 g/mol. The fourth-order valence-corrected chi connectivity index (χ4v) is 7.32. The van der Waals surface area contributed by atoms with Crippen LogP contribution in [0.15, 0.2) is 85.3 Å². The number of aromatic nitrogens is 2. The van der Waals surface area contributed by atoms with Gasteiger partial charge in [-0.25, -0.2) is 9.78 Å². The Morgan fingerprint density at radius 3 is 2.27 bits per heavy atom. The number of halogens is 1. The SMILES string of the molecule is CC[C@H](C)[C@H](NC(=O)[C@@H](N)Cc1ccc(OCc2ccccc2)cc1)C(=O)N(c1cccc([N+](=O)[O-])c1[N+](=O)[O-])[C@@H](Cc1c[nH]cn1)C(=O)N1CCC[C@H]1C(=O)N[C@@H](C)C(=O)OC.Cl. The van der Waals surface area contributed by atoms with Crippen molar-refractivity contribution in [1.82, 2.24) is 25.5 Å².